The molecule has 0 aliphatic carbocycles. The van der Waals surface area contributed by atoms with Crippen LogP contribution in [0.2, 0.25) is 10.0 Å². The lowest BCUT2D eigenvalue weighted by Gasteiger charge is -2.15. The molecule has 0 radical (unpaired) electrons. The lowest BCUT2D eigenvalue weighted by molar-refractivity contribution is -0.117. The number of amides is 1. The summed E-state index contributed by atoms with van der Waals surface area (Å²) in [5.41, 5.74) is 0.575. The van der Waals surface area contributed by atoms with Crippen LogP contribution in [0.3, 0.4) is 0 Å². The first-order chi connectivity index (χ1) is 12.8. The Morgan fingerprint density at radius 3 is 2.41 bits per heavy atom. The zero-order chi connectivity index (χ0) is 19.6. The van der Waals surface area contributed by atoms with E-state index in [1.165, 1.54) is 25.1 Å². The maximum absolute atomic E-state index is 12.5. The number of anilines is 1. The Labute approximate surface area is 167 Å². The second-order valence-electron chi connectivity index (χ2n) is 5.97. The molecule has 0 aromatic heterocycles. The minimum atomic E-state index is -4.01. The number of rotatable bonds is 5. The normalized spacial score (nSPS) is 12.7. The van der Waals surface area contributed by atoms with E-state index in [4.69, 9.17) is 23.2 Å². The Kier molecular flexibility index (Phi) is 5.72. The quantitative estimate of drug-likeness (QED) is 0.637. The van der Waals surface area contributed by atoms with Crippen LogP contribution in [0, 0.1) is 0 Å². The fraction of sp³-hybridized carbons (Fsp3) is 0.105. The van der Waals surface area contributed by atoms with Crippen molar-refractivity contribution in [3.05, 3.63) is 70.7 Å². The Balaban J connectivity index is 1.75. The van der Waals surface area contributed by atoms with Crippen molar-refractivity contribution in [2.24, 2.45) is 0 Å². The Bertz CT molecular complexity index is 1120. The van der Waals surface area contributed by atoms with Gasteiger partial charge in [-0.3, -0.25) is 4.79 Å². The number of hydrogen-bond donors (Lipinski definition) is 2. The molecule has 1 atom stereocenters. The molecule has 0 bridgehead atoms. The molecule has 27 heavy (non-hydrogen) atoms. The van der Waals surface area contributed by atoms with Crippen LogP contribution < -0.4 is 10.0 Å². The number of carbonyl (C=O) groups is 1. The molecular weight excluding hydrogens is 407 g/mol. The molecule has 0 saturated carbocycles. The average molecular weight is 423 g/mol. The number of fused-ring (bicyclic) bond motifs is 1. The van der Waals surface area contributed by atoms with Gasteiger partial charge in [-0.05, 0) is 48.0 Å². The molecule has 8 heteroatoms. The molecule has 1 unspecified atom stereocenters. The molecular formula is C19H16Cl2N2O3S. The Morgan fingerprint density at radius 2 is 1.67 bits per heavy atom. The number of sulfonamides is 1. The van der Waals surface area contributed by atoms with Crippen molar-refractivity contribution >= 4 is 55.6 Å². The topological polar surface area (TPSA) is 75.3 Å². The van der Waals surface area contributed by atoms with Gasteiger partial charge in [-0.25, -0.2) is 8.42 Å². The number of hydrogen-bond acceptors (Lipinski definition) is 3. The van der Waals surface area contributed by atoms with Gasteiger partial charge >= 0.3 is 0 Å². The fourth-order valence-corrected chi connectivity index (χ4v) is 4.52. The van der Waals surface area contributed by atoms with E-state index in [-0.39, 0.29) is 14.9 Å². The van der Waals surface area contributed by atoms with E-state index in [9.17, 15) is 13.2 Å². The third-order valence-corrected chi connectivity index (χ3v) is 6.18. The zero-order valence-electron chi connectivity index (χ0n) is 14.2. The van der Waals surface area contributed by atoms with Crippen molar-refractivity contribution in [3.8, 4) is 0 Å². The maximum Gasteiger partial charge on any atom is 0.242 e. The van der Waals surface area contributed by atoms with Crippen LogP contribution in [0.5, 0.6) is 0 Å². The molecule has 5 nitrogen and oxygen atoms in total. The molecule has 0 heterocycles. The summed E-state index contributed by atoms with van der Waals surface area (Å²) in [6.07, 6.45) is 0. The molecule has 0 spiro atoms. The highest BCUT2D eigenvalue weighted by atomic mass is 35.5. The molecule has 140 valence electrons. The zero-order valence-corrected chi connectivity index (χ0v) is 16.6. The largest absolute Gasteiger partial charge is 0.325 e. The van der Waals surface area contributed by atoms with Crippen LogP contribution in [0.15, 0.2) is 65.6 Å². The van der Waals surface area contributed by atoms with Gasteiger partial charge in [0.05, 0.1) is 11.1 Å². The third-order valence-electron chi connectivity index (χ3n) is 3.92. The molecule has 0 aliphatic rings. The average Bonchev–Trinajstić information content (AvgIpc) is 2.63. The van der Waals surface area contributed by atoms with E-state index >= 15 is 0 Å². The summed E-state index contributed by atoms with van der Waals surface area (Å²) < 4.78 is 27.3. The number of carbonyl (C=O) groups excluding carboxylic acids is 1. The molecule has 0 fully saturated rings. The van der Waals surface area contributed by atoms with Crippen molar-refractivity contribution in [2.75, 3.05) is 5.32 Å². The highest BCUT2D eigenvalue weighted by Crippen LogP contribution is 2.25. The maximum atomic E-state index is 12.5. The summed E-state index contributed by atoms with van der Waals surface area (Å²) in [6, 6.07) is 16.3. The van der Waals surface area contributed by atoms with Crippen molar-refractivity contribution in [1.29, 1.82) is 0 Å². The van der Waals surface area contributed by atoms with Crippen LogP contribution in [-0.2, 0) is 14.8 Å². The summed E-state index contributed by atoms with van der Waals surface area (Å²) >= 11 is 11.8. The Hall–Kier alpha value is -2.12. The first-order valence-corrected chi connectivity index (χ1v) is 10.3. The second-order valence-corrected chi connectivity index (χ2v) is 8.49. The molecule has 1 amide bonds. The third kappa shape index (κ3) is 4.59. The van der Waals surface area contributed by atoms with Crippen molar-refractivity contribution < 1.29 is 13.2 Å². The summed E-state index contributed by atoms with van der Waals surface area (Å²) in [4.78, 5) is 12.2. The fourth-order valence-electron chi connectivity index (χ4n) is 2.55. The molecule has 3 aromatic rings. The lowest BCUT2D eigenvalue weighted by atomic mass is 10.1. The highest BCUT2D eigenvalue weighted by Gasteiger charge is 2.24. The van der Waals surface area contributed by atoms with Crippen LogP contribution in [0.1, 0.15) is 6.92 Å². The van der Waals surface area contributed by atoms with E-state index in [1.54, 1.807) is 6.07 Å². The SMILES string of the molecule is CC(NS(=O)(=O)c1cc(Cl)ccc1Cl)C(=O)Nc1ccc2ccccc2c1. The van der Waals surface area contributed by atoms with Crippen LogP contribution in [0.25, 0.3) is 10.8 Å². The van der Waals surface area contributed by atoms with Crippen LogP contribution in [0.4, 0.5) is 5.69 Å². The summed E-state index contributed by atoms with van der Waals surface area (Å²) in [5, 5.41) is 4.97. The highest BCUT2D eigenvalue weighted by molar-refractivity contribution is 7.89. The molecule has 3 rings (SSSR count). The minimum Gasteiger partial charge on any atom is -0.325 e. The molecule has 0 saturated heterocycles. The summed E-state index contributed by atoms with van der Waals surface area (Å²) in [5.74, 6) is -0.494. The predicted molar refractivity (Wildman–Crippen MR) is 109 cm³/mol. The standard InChI is InChI=1S/C19H16Cl2N2O3S/c1-12(23-27(25,26)18-11-15(20)7-9-17(18)21)19(24)22-16-8-6-13-4-2-3-5-14(13)10-16/h2-12,23H,1H3,(H,22,24). The van der Waals surface area contributed by atoms with Crippen LogP contribution >= 0.6 is 23.2 Å². The van der Waals surface area contributed by atoms with E-state index in [0.717, 1.165) is 10.8 Å². The first kappa shape index (κ1) is 19.6. The van der Waals surface area contributed by atoms with Crippen molar-refractivity contribution in [3.63, 3.8) is 0 Å². The minimum absolute atomic E-state index is 0.0223. The molecule has 3 aromatic carbocycles. The van der Waals surface area contributed by atoms with E-state index < -0.39 is 22.0 Å². The van der Waals surface area contributed by atoms with E-state index in [1.807, 2.05) is 36.4 Å². The number of benzene rings is 3. The monoisotopic (exact) mass is 422 g/mol. The van der Waals surface area contributed by atoms with Gasteiger partial charge in [0, 0.05) is 10.7 Å². The smallest absolute Gasteiger partial charge is 0.242 e. The van der Waals surface area contributed by atoms with E-state index in [2.05, 4.69) is 10.0 Å². The lowest BCUT2D eigenvalue weighted by Crippen LogP contribution is -2.41. The van der Waals surface area contributed by atoms with Crippen molar-refractivity contribution in [1.82, 2.24) is 4.72 Å². The van der Waals surface area contributed by atoms with Gasteiger partial charge in [0.15, 0.2) is 0 Å². The van der Waals surface area contributed by atoms with Gasteiger partial charge in [-0.1, -0.05) is 53.5 Å². The summed E-state index contributed by atoms with van der Waals surface area (Å²) in [7, 11) is -4.01. The van der Waals surface area contributed by atoms with E-state index in [0.29, 0.717) is 5.69 Å². The van der Waals surface area contributed by atoms with Gasteiger partial charge < -0.3 is 5.32 Å². The van der Waals surface area contributed by atoms with Gasteiger partial charge in [0.25, 0.3) is 0 Å². The Morgan fingerprint density at radius 1 is 0.963 bits per heavy atom. The first-order valence-electron chi connectivity index (χ1n) is 8.03. The van der Waals surface area contributed by atoms with Gasteiger partial charge in [-0.2, -0.15) is 4.72 Å². The second kappa shape index (κ2) is 7.86. The number of halogens is 2. The number of nitrogens with one attached hydrogen (secondary N) is 2. The van der Waals surface area contributed by atoms with Crippen molar-refractivity contribution in [2.45, 2.75) is 17.9 Å². The predicted octanol–water partition coefficient (Wildman–Crippen LogP) is 4.45. The van der Waals surface area contributed by atoms with Crippen LogP contribution in [-0.4, -0.2) is 20.4 Å². The molecule has 2 N–H and O–H groups in total. The molecule has 0 aliphatic heterocycles. The summed E-state index contributed by atoms with van der Waals surface area (Å²) in [6.45, 7) is 1.45. The van der Waals surface area contributed by atoms with Gasteiger partial charge in [0.2, 0.25) is 15.9 Å². The van der Waals surface area contributed by atoms with Gasteiger partial charge in [0.1, 0.15) is 4.90 Å². The van der Waals surface area contributed by atoms with Gasteiger partial charge in [-0.15, -0.1) is 0 Å².